The highest BCUT2D eigenvalue weighted by Crippen LogP contribution is 2.34. The lowest BCUT2D eigenvalue weighted by Gasteiger charge is -2.20. The fraction of sp³-hybridized carbons (Fsp3) is 0.545. The summed E-state index contributed by atoms with van der Waals surface area (Å²) in [6.07, 6.45) is 4.11. The zero-order valence-electron chi connectivity index (χ0n) is 28.6. The molecule has 12 nitrogen and oxygen atoms in total. The van der Waals surface area contributed by atoms with Crippen LogP contribution < -0.4 is 10.6 Å². The van der Waals surface area contributed by atoms with Crippen molar-refractivity contribution >= 4 is 43.8 Å². The first-order chi connectivity index (χ1) is 21.7. The van der Waals surface area contributed by atoms with Crippen LogP contribution in [0.5, 0.6) is 0 Å². The molecular formula is C33H51N5O7Si. The molecule has 3 N–H and O–H groups in total. The van der Waals surface area contributed by atoms with Gasteiger partial charge in [-0.2, -0.15) is 4.99 Å². The molecule has 2 aromatic rings. The van der Waals surface area contributed by atoms with E-state index in [4.69, 9.17) is 23.9 Å². The van der Waals surface area contributed by atoms with Gasteiger partial charge in [0.25, 0.3) is 0 Å². The molecule has 1 atom stereocenters. The summed E-state index contributed by atoms with van der Waals surface area (Å²) in [6, 6.07) is 5.58. The number of aromatic nitrogens is 2. The van der Waals surface area contributed by atoms with Crippen molar-refractivity contribution in [2.75, 3.05) is 31.0 Å². The topological polar surface area (TPSA) is 153 Å². The number of unbranched alkanes of at least 4 members (excludes halogenated alkanes) is 1. The number of carbonyl (C=O) groups is 3. The van der Waals surface area contributed by atoms with Crippen molar-refractivity contribution in [3.8, 4) is 11.3 Å². The summed E-state index contributed by atoms with van der Waals surface area (Å²) >= 11 is 0. The summed E-state index contributed by atoms with van der Waals surface area (Å²) in [4.78, 5) is 48.9. The molecule has 2 amide bonds. The average Bonchev–Trinajstić information content (AvgIpc) is 3.36. The lowest BCUT2D eigenvalue weighted by atomic mass is 10.1. The lowest BCUT2D eigenvalue weighted by molar-refractivity contribution is -0.143. The molecule has 1 aromatic carbocycles. The molecule has 0 radical (unpaired) electrons. The van der Waals surface area contributed by atoms with Crippen molar-refractivity contribution in [2.24, 2.45) is 4.99 Å². The number of H-pyrrole nitrogens is 1. The van der Waals surface area contributed by atoms with Crippen LogP contribution >= 0.6 is 0 Å². The summed E-state index contributed by atoms with van der Waals surface area (Å²) in [5, 5.41) is 5.96. The van der Waals surface area contributed by atoms with Gasteiger partial charge in [0.1, 0.15) is 17.5 Å². The van der Waals surface area contributed by atoms with Crippen LogP contribution in [-0.4, -0.2) is 74.4 Å². The number of imidazole rings is 1. The van der Waals surface area contributed by atoms with Crippen molar-refractivity contribution in [3.05, 3.63) is 42.4 Å². The molecule has 0 bridgehead atoms. The molecule has 1 heterocycles. The molecule has 0 aliphatic heterocycles. The van der Waals surface area contributed by atoms with Crippen LogP contribution in [0.2, 0.25) is 25.7 Å². The van der Waals surface area contributed by atoms with Crippen LogP contribution in [0.25, 0.3) is 11.3 Å². The number of ether oxygens (including phenoxy) is 4. The number of aromatic amines is 1. The SMILES string of the molecule is C=CC[C@H](Nc1cc(NC(=O)OC)ccc1-c1nc(CCCC=NC(=O)OC(C)(C)C)[nH]c1COCC[Si](C)(C)C)C(=O)OCC. The van der Waals surface area contributed by atoms with Crippen LogP contribution in [0.3, 0.4) is 0 Å². The number of anilines is 2. The number of rotatable bonds is 17. The Bertz CT molecular complexity index is 1340. The second kappa shape index (κ2) is 18.2. The fourth-order valence-corrected chi connectivity index (χ4v) is 4.93. The highest BCUT2D eigenvalue weighted by molar-refractivity contribution is 6.76. The Balaban J connectivity index is 2.43. The minimum absolute atomic E-state index is 0.231. The van der Waals surface area contributed by atoms with E-state index in [0.29, 0.717) is 61.5 Å². The predicted octanol–water partition coefficient (Wildman–Crippen LogP) is 7.36. The molecule has 13 heteroatoms. The van der Waals surface area contributed by atoms with Gasteiger partial charge in [-0.05, 0) is 71.2 Å². The van der Waals surface area contributed by atoms with Crippen LogP contribution in [0.15, 0.2) is 35.8 Å². The van der Waals surface area contributed by atoms with E-state index >= 15 is 0 Å². The largest absolute Gasteiger partial charge is 0.464 e. The molecule has 0 unspecified atom stereocenters. The van der Waals surface area contributed by atoms with Gasteiger partial charge >= 0.3 is 18.2 Å². The molecular weight excluding hydrogens is 606 g/mol. The van der Waals surface area contributed by atoms with E-state index in [-0.39, 0.29) is 6.61 Å². The van der Waals surface area contributed by atoms with Crippen molar-refractivity contribution in [1.82, 2.24) is 9.97 Å². The third-order valence-electron chi connectivity index (χ3n) is 6.42. The molecule has 46 heavy (non-hydrogen) atoms. The molecule has 254 valence electrons. The monoisotopic (exact) mass is 657 g/mol. The number of aliphatic imine (C=N–C) groups is 1. The Kier molecular flexibility index (Phi) is 15.2. The molecule has 0 aliphatic rings. The van der Waals surface area contributed by atoms with E-state index in [0.717, 1.165) is 17.6 Å². The Labute approximate surface area is 273 Å². The van der Waals surface area contributed by atoms with Crippen molar-refractivity contribution < 1.29 is 33.3 Å². The molecule has 0 saturated carbocycles. The highest BCUT2D eigenvalue weighted by atomic mass is 28.3. The summed E-state index contributed by atoms with van der Waals surface area (Å²) in [6.45, 7) is 19.0. The Morgan fingerprint density at radius 1 is 1.20 bits per heavy atom. The number of methoxy groups -OCH3 is 1. The van der Waals surface area contributed by atoms with Crippen molar-refractivity contribution in [2.45, 2.75) is 97.3 Å². The highest BCUT2D eigenvalue weighted by Gasteiger charge is 2.23. The van der Waals surface area contributed by atoms with Crippen LogP contribution in [0.1, 0.15) is 58.5 Å². The van der Waals surface area contributed by atoms with Crippen molar-refractivity contribution in [1.29, 1.82) is 0 Å². The number of carbonyl (C=O) groups excluding carboxylic acids is 3. The lowest BCUT2D eigenvalue weighted by Crippen LogP contribution is -2.31. The Hall–Kier alpha value is -3.97. The first-order valence-electron chi connectivity index (χ1n) is 15.6. The zero-order valence-corrected chi connectivity index (χ0v) is 29.6. The Morgan fingerprint density at radius 3 is 2.57 bits per heavy atom. The number of hydrogen-bond acceptors (Lipinski definition) is 9. The number of aryl methyl sites for hydroxylation is 1. The minimum Gasteiger partial charge on any atom is -0.464 e. The predicted molar refractivity (Wildman–Crippen MR) is 184 cm³/mol. The number of benzene rings is 1. The van der Waals surface area contributed by atoms with E-state index in [2.05, 4.69) is 46.8 Å². The smallest absolute Gasteiger partial charge is 0.433 e. The maximum Gasteiger partial charge on any atom is 0.433 e. The summed E-state index contributed by atoms with van der Waals surface area (Å²) in [7, 11) is -0.00914. The number of nitrogens with one attached hydrogen (secondary N) is 3. The zero-order chi connectivity index (χ0) is 34.3. The summed E-state index contributed by atoms with van der Waals surface area (Å²) in [5.74, 6) is 0.311. The van der Waals surface area contributed by atoms with E-state index in [1.807, 2.05) is 6.07 Å². The van der Waals surface area contributed by atoms with Crippen molar-refractivity contribution in [3.63, 3.8) is 0 Å². The van der Waals surface area contributed by atoms with E-state index < -0.39 is 37.9 Å². The maximum absolute atomic E-state index is 12.8. The van der Waals surface area contributed by atoms with E-state index in [9.17, 15) is 14.4 Å². The quantitative estimate of drug-likeness (QED) is 0.0395. The van der Waals surface area contributed by atoms with E-state index in [1.165, 1.54) is 7.11 Å². The fourth-order valence-electron chi connectivity index (χ4n) is 4.18. The molecule has 1 aromatic heterocycles. The number of nitrogens with zero attached hydrogens (tertiary/aromatic N) is 2. The minimum atomic E-state index is -1.29. The second-order valence-corrected chi connectivity index (χ2v) is 18.5. The first kappa shape index (κ1) is 38.2. The normalized spacial score (nSPS) is 12.4. The summed E-state index contributed by atoms with van der Waals surface area (Å²) in [5.41, 5.74) is 2.55. The molecule has 0 spiro atoms. The maximum atomic E-state index is 12.8. The van der Waals surface area contributed by atoms with Gasteiger partial charge in [0.05, 0.1) is 31.7 Å². The second-order valence-electron chi connectivity index (χ2n) is 12.9. The van der Waals surface area contributed by atoms with E-state index in [1.54, 1.807) is 52.1 Å². The van der Waals surface area contributed by atoms with Gasteiger partial charge in [-0.1, -0.05) is 25.7 Å². The van der Waals surface area contributed by atoms with Crippen LogP contribution in [0.4, 0.5) is 21.0 Å². The van der Waals surface area contributed by atoms with Gasteiger partial charge in [-0.25, -0.2) is 19.4 Å². The van der Waals surface area contributed by atoms with Gasteiger partial charge in [-0.3, -0.25) is 5.32 Å². The van der Waals surface area contributed by atoms with Crippen LogP contribution in [-0.2, 0) is 36.8 Å². The van der Waals surface area contributed by atoms with Gasteiger partial charge in [0, 0.05) is 44.3 Å². The number of amides is 2. The molecule has 0 aliphatic carbocycles. The van der Waals surface area contributed by atoms with Gasteiger partial charge in [-0.15, -0.1) is 6.58 Å². The Morgan fingerprint density at radius 2 is 1.93 bits per heavy atom. The third-order valence-corrected chi connectivity index (χ3v) is 8.12. The number of hydrogen-bond donors (Lipinski definition) is 3. The number of esters is 1. The van der Waals surface area contributed by atoms with Gasteiger partial charge in [0.15, 0.2) is 0 Å². The molecule has 0 fully saturated rings. The molecule has 0 saturated heterocycles. The van der Waals surface area contributed by atoms with Gasteiger partial charge in [0.2, 0.25) is 0 Å². The standard InChI is InChI=1S/C33H51N5O7Si/c1-10-14-25(30(39)44-11-2)36-26-21-23(35-32(41)42-6)16-17-24(26)29-27(22-43-19-20-46(7,8)9)37-28(38-29)15-12-13-18-34-31(40)45-33(3,4)5/h10,16-18,21,25,36H,1,11-15,19-20,22H2,2-9H3,(H,35,41)(H,37,38)/t25-/m0/s1. The van der Waals surface area contributed by atoms with Crippen LogP contribution in [0, 0.1) is 0 Å². The first-order valence-corrected chi connectivity index (χ1v) is 19.3. The third kappa shape index (κ3) is 14.0. The average molecular weight is 658 g/mol. The molecule has 2 rings (SSSR count). The van der Waals surface area contributed by atoms with Gasteiger partial charge < -0.3 is 29.2 Å². The summed E-state index contributed by atoms with van der Waals surface area (Å²) < 4.78 is 21.4.